The van der Waals surface area contributed by atoms with E-state index in [0.717, 1.165) is 0 Å². The average Bonchev–Trinajstić information content (AvgIpc) is 2.87. The molecule has 0 fully saturated rings. The third-order valence-electron chi connectivity index (χ3n) is 5.68. The van der Waals surface area contributed by atoms with Gasteiger partial charge in [0.25, 0.3) is 0 Å². The first kappa shape index (κ1) is 23.5. The Morgan fingerprint density at radius 1 is 0.469 bits per heavy atom. The van der Waals surface area contributed by atoms with E-state index < -0.39 is 32.6 Å². The summed E-state index contributed by atoms with van der Waals surface area (Å²) in [5, 5.41) is 5.85. The van der Waals surface area contributed by atoms with Gasteiger partial charge in [0, 0.05) is 0 Å². The van der Waals surface area contributed by atoms with Crippen molar-refractivity contribution >= 4 is 53.8 Å². The second-order valence-corrected chi connectivity index (χ2v) is 21.3. The van der Waals surface area contributed by atoms with E-state index in [4.69, 9.17) is 0 Å². The molecule has 4 heteroatoms. The molecule has 0 aliphatic carbocycles. The fourth-order valence-corrected chi connectivity index (χ4v) is 23.5. The predicted molar refractivity (Wildman–Crippen MR) is 147 cm³/mol. The quantitative estimate of drug-likeness (QED) is 0.185. The molecule has 0 atom stereocenters. The van der Waals surface area contributed by atoms with Gasteiger partial charge in [-0.05, 0) is 0 Å². The van der Waals surface area contributed by atoms with Gasteiger partial charge in [0.05, 0.1) is 0 Å². The average molecular weight is 512 g/mol. The van der Waals surface area contributed by atoms with Crippen LogP contribution < -0.4 is 21.2 Å². The third kappa shape index (κ3) is 5.45. The molecule has 160 valence electrons. The Labute approximate surface area is 201 Å². The van der Waals surface area contributed by atoms with Crippen LogP contribution in [0.2, 0.25) is 9.95 Å². The molecule has 0 aliphatic heterocycles. The Bertz CT molecular complexity index is 896. The molecule has 0 unspecified atom stereocenters. The Morgan fingerprint density at radius 3 is 0.938 bits per heavy atom. The first-order valence-electron chi connectivity index (χ1n) is 11.4. The molecular weight excluding hydrogens is 482 g/mol. The summed E-state index contributed by atoms with van der Waals surface area (Å²) in [6.07, 6.45) is 0. The molecular formula is C28H30GaNP2. The molecule has 4 rings (SSSR count). The number of benzene rings is 4. The summed E-state index contributed by atoms with van der Waals surface area (Å²) in [7, 11) is -1.21. The van der Waals surface area contributed by atoms with E-state index in [-0.39, 0.29) is 0 Å². The van der Waals surface area contributed by atoms with Crippen LogP contribution in [0.3, 0.4) is 0 Å². The van der Waals surface area contributed by atoms with Gasteiger partial charge in [-0.3, -0.25) is 0 Å². The zero-order valence-corrected chi connectivity index (χ0v) is 23.1. The number of hydrogen-bond acceptors (Lipinski definition) is 1. The molecule has 1 nitrogen and oxygen atoms in total. The van der Waals surface area contributed by atoms with Crippen LogP contribution in [0.1, 0.15) is 13.8 Å². The van der Waals surface area contributed by atoms with Crippen molar-refractivity contribution in [2.75, 3.05) is 0 Å². The molecule has 32 heavy (non-hydrogen) atoms. The predicted octanol–water partition coefficient (Wildman–Crippen LogP) is 6.42. The summed E-state index contributed by atoms with van der Waals surface area (Å²) in [6.45, 7) is 4.85. The van der Waals surface area contributed by atoms with Crippen LogP contribution in [0.4, 0.5) is 0 Å². The Morgan fingerprint density at radius 2 is 0.719 bits per heavy atom. The van der Waals surface area contributed by atoms with Crippen LogP contribution >= 0.6 is 16.1 Å². The van der Waals surface area contributed by atoms with Crippen molar-refractivity contribution < 1.29 is 0 Å². The number of nitrogens with zero attached hydrogens (tertiary/aromatic N) is 1. The summed E-state index contributed by atoms with van der Waals surface area (Å²) in [6, 6.07) is 45.0. The van der Waals surface area contributed by atoms with Crippen molar-refractivity contribution in [3.8, 4) is 0 Å². The molecule has 0 radical (unpaired) electrons. The topological polar surface area (TPSA) is 3.24 Å². The van der Waals surface area contributed by atoms with E-state index in [2.05, 4.69) is 138 Å². The zero-order valence-electron chi connectivity index (χ0n) is 18.9. The molecule has 0 aromatic heterocycles. The van der Waals surface area contributed by atoms with E-state index >= 15 is 0 Å². The van der Waals surface area contributed by atoms with Crippen LogP contribution in [0.15, 0.2) is 121 Å². The third-order valence-corrected chi connectivity index (χ3v) is 22.4. The summed E-state index contributed by atoms with van der Waals surface area (Å²) >= 11 is -1.81. The van der Waals surface area contributed by atoms with E-state index in [1.165, 1.54) is 31.2 Å². The van der Waals surface area contributed by atoms with Crippen molar-refractivity contribution in [3.63, 3.8) is 0 Å². The van der Waals surface area contributed by atoms with E-state index in [1.54, 1.807) is 0 Å². The summed E-state index contributed by atoms with van der Waals surface area (Å²) in [4.78, 5) is 2.64. The second kappa shape index (κ2) is 12.0. The van der Waals surface area contributed by atoms with Gasteiger partial charge in [-0.1, -0.05) is 0 Å². The Balaban J connectivity index is 1.96. The van der Waals surface area contributed by atoms with Gasteiger partial charge in [0.1, 0.15) is 0 Å². The first-order valence-corrected chi connectivity index (χ1v) is 18.5. The van der Waals surface area contributed by atoms with Gasteiger partial charge in [-0.25, -0.2) is 0 Å². The molecule has 0 amide bonds. The van der Waals surface area contributed by atoms with Gasteiger partial charge in [-0.2, -0.15) is 0 Å². The van der Waals surface area contributed by atoms with Crippen LogP contribution in [-0.4, -0.2) is 19.6 Å². The molecule has 0 N–H and O–H groups in total. The van der Waals surface area contributed by atoms with Crippen molar-refractivity contribution in [1.82, 2.24) is 3.15 Å². The second-order valence-electron chi connectivity index (χ2n) is 7.76. The van der Waals surface area contributed by atoms with Gasteiger partial charge < -0.3 is 0 Å². The zero-order chi connectivity index (χ0) is 22.2. The molecule has 0 saturated heterocycles. The van der Waals surface area contributed by atoms with Crippen molar-refractivity contribution in [2.45, 2.75) is 23.8 Å². The first-order chi connectivity index (χ1) is 15.8. The molecule has 4 aromatic carbocycles. The molecule has 4 aromatic rings. The van der Waals surface area contributed by atoms with Crippen molar-refractivity contribution in [2.24, 2.45) is 0 Å². The van der Waals surface area contributed by atoms with Gasteiger partial charge >= 0.3 is 202 Å². The van der Waals surface area contributed by atoms with E-state index in [1.807, 2.05) is 0 Å². The molecule has 0 saturated carbocycles. The Hall–Kier alpha value is -1.66. The molecule has 0 aliphatic rings. The fraction of sp³-hybridized carbons (Fsp3) is 0.143. The molecule has 0 bridgehead atoms. The van der Waals surface area contributed by atoms with Crippen LogP contribution in [-0.2, 0) is 0 Å². The van der Waals surface area contributed by atoms with E-state index in [0.29, 0.717) is 0 Å². The van der Waals surface area contributed by atoms with Crippen LogP contribution in [0, 0.1) is 0 Å². The normalized spacial score (nSPS) is 11.3. The standard InChI is InChI=1S/C24H20NP2.2C2H5.Ga/c1-5-13-21(14-6-1)26(22-15-7-2-8-16-22)25-27(23-17-9-3-10-18-23)24-19-11-4-12-20-24;2*1-2;/h1-20H;2*1H2,2H3;/q-1;;;+1. The number of rotatable bonds is 9. The summed E-state index contributed by atoms with van der Waals surface area (Å²) in [5.41, 5.74) is 0. The van der Waals surface area contributed by atoms with Crippen molar-refractivity contribution in [3.05, 3.63) is 121 Å². The van der Waals surface area contributed by atoms with E-state index in [9.17, 15) is 0 Å². The van der Waals surface area contributed by atoms with Gasteiger partial charge in [0.2, 0.25) is 0 Å². The van der Waals surface area contributed by atoms with Gasteiger partial charge in [0.15, 0.2) is 0 Å². The molecule has 0 spiro atoms. The minimum atomic E-state index is -1.81. The van der Waals surface area contributed by atoms with Crippen LogP contribution in [0.25, 0.3) is 0 Å². The molecule has 0 heterocycles. The number of hydrogen-bond donors (Lipinski definition) is 0. The maximum absolute atomic E-state index is 3.08. The monoisotopic (exact) mass is 511 g/mol. The van der Waals surface area contributed by atoms with Gasteiger partial charge in [-0.15, -0.1) is 0 Å². The van der Waals surface area contributed by atoms with Crippen molar-refractivity contribution in [1.29, 1.82) is 0 Å². The summed E-state index contributed by atoms with van der Waals surface area (Å²) < 4.78 is 3.08. The fourth-order valence-electron chi connectivity index (χ4n) is 4.08. The SMILES string of the molecule is C[CH2][Ga]([CH2]C)[N](P(c1ccccc1)c1ccccc1)P(c1ccccc1)c1ccccc1. The minimum absolute atomic E-state index is 0.606. The maximum atomic E-state index is 3.08. The van der Waals surface area contributed by atoms with Crippen LogP contribution in [0.5, 0.6) is 0 Å². The summed E-state index contributed by atoms with van der Waals surface area (Å²) in [5.74, 6) is 0. The Kier molecular flexibility index (Phi) is 8.80.